The van der Waals surface area contributed by atoms with Crippen molar-refractivity contribution < 1.29 is 4.74 Å². The minimum Gasteiger partial charge on any atom is -0.383 e. The van der Waals surface area contributed by atoms with Gasteiger partial charge in [-0.3, -0.25) is 4.90 Å². The Morgan fingerprint density at radius 1 is 1.19 bits per heavy atom. The van der Waals surface area contributed by atoms with Crippen molar-refractivity contribution in [2.24, 2.45) is 0 Å². The highest BCUT2D eigenvalue weighted by Crippen LogP contribution is 2.24. The highest BCUT2D eigenvalue weighted by molar-refractivity contribution is 5.20. The van der Waals surface area contributed by atoms with Gasteiger partial charge in [0.15, 0.2) is 0 Å². The van der Waals surface area contributed by atoms with E-state index in [1.165, 1.54) is 5.56 Å². The van der Waals surface area contributed by atoms with Gasteiger partial charge in [0.1, 0.15) is 0 Å². The second-order valence-electron chi connectivity index (χ2n) is 5.79. The van der Waals surface area contributed by atoms with E-state index in [1.807, 2.05) is 0 Å². The summed E-state index contributed by atoms with van der Waals surface area (Å²) in [5, 5.41) is 3.73. The van der Waals surface area contributed by atoms with Gasteiger partial charge in [-0.1, -0.05) is 44.2 Å². The lowest BCUT2D eigenvalue weighted by Gasteiger charge is -2.38. The van der Waals surface area contributed by atoms with E-state index in [4.69, 9.17) is 4.74 Å². The highest BCUT2D eigenvalue weighted by Gasteiger charge is 2.27. The molecule has 0 aliphatic rings. The number of rotatable bonds is 10. The average Bonchev–Trinajstić information content (AvgIpc) is 2.52. The summed E-state index contributed by atoms with van der Waals surface area (Å²) >= 11 is 0. The van der Waals surface area contributed by atoms with Gasteiger partial charge in [-0.05, 0) is 38.9 Å². The van der Waals surface area contributed by atoms with Gasteiger partial charge < -0.3 is 10.1 Å². The highest BCUT2D eigenvalue weighted by atomic mass is 16.5. The van der Waals surface area contributed by atoms with Gasteiger partial charge >= 0.3 is 0 Å². The smallest absolute Gasteiger partial charge is 0.0615 e. The van der Waals surface area contributed by atoms with Crippen LogP contribution in [0, 0.1) is 0 Å². The zero-order chi connectivity index (χ0) is 15.7. The fourth-order valence-corrected chi connectivity index (χ4v) is 2.88. The molecule has 0 saturated carbocycles. The lowest BCUT2D eigenvalue weighted by molar-refractivity contribution is 0.0730. The molecule has 0 bridgehead atoms. The average molecular weight is 292 g/mol. The Morgan fingerprint density at radius 2 is 1.86 bits per heavy atom. The van der Waals surface area contributed by atoms with Gasteiger partial charge in [0.25, 0.3) is 0 Å². The summed E-state index contributed by atoms with van der Waals surface area (Å²) in [4.78, 5) is 2.45. The SMILES string of the molecule is CCCNC(c1ccccc1)C(CC)N(C)C(C)COC. The van der Waals surface area contributed by atoms with Crippen molar-refractivity contribution >= 4 is 0 Å². The van der Waals surface area contributed by atoms with Crippen LogP contribution in [0.2, 0.25) is 0 Å². The van der Waals surface area contributed by atoms with Crippen LogP contribution in [-0.4, -0.2) is 44.3 Å². The lowest BCUT2D eigenvalue weighted by Crippen LogP contribution is -2.47. The summed E-state index contributed by atoms with van der Waals surface area (Å²) in [7, 11) is 3.98. The number of hydrogen-bond acceptors (Lipinski definition) is 3. The van der Waals surface area contributed by atoms with Gasteiger partial charge in [0, 0.05) is 25.2 Å². The van der Waals surface area contributed by atoms with Crippen molar-refractivity contribution in [3.63, 3.8) is 0 Å². The zero-order valence-electron chi connectivity index (χ0n) is 14.3. The first kappa shape index (κ1) is 18.1. The summed E-state index contributed by atoms with van der Waals surface area (Å²) < 4.78 is 5.32. The summed E-state index contributed by atoms with van der Waals surface area (Å²) in [5.41, 5.74) is 1.37. The van der Waals surface area contributed by atoms with Crippen LogP contribution in [-0.2, 0) is 4.74 Å². The number of methoxy groups -OCH3 is 1. The normalized spacial score (nSPS) is 15.9. The summed E-state index contributed by atoms with van der Waals surface area (Å²) in [6.07, 6.45) is 2.26. The molecule has 0 amide bonds. The molecule has 1 aromatic rings. The van der Waals surface area contributed by atoms with Crippen molar-refractivity contribution in [2.75, 3.05) is 27.3 Å². The molecule has 0 fully saturated rings. The summed E-state index contributed by atoms with van der Waals surface area (Å²) in [5.74, 6) is 0. The second-order valence-corrected chi connectivity index (χ2v) is 5.79. The molecule has 3 heteroatoms. The lowest BCUT2D eigenvalue weighted by atomic mass is 9.95. The Morgan fingerprint density at radius 3 is 2.38 bits per heavy atom. The van der Waals surface area contributed by atoms with Gasteiger partial charge in [-0.25, -0.2) is 0 Å². The molecule has 120 valence electrons. The molecule has 0 aromatic heterocycles. The largest absolute Gasteiger partial charge is 0.383 e. The summed E-state index contributed by atoms with van der Waals surface area (Å²) in [6, 6.07) is 12.0. The number of nitrogens with one attached hydrogen (secondary N) is 1. The van der Waals surface area contributed by atoms with Gasteiger partial charge in [-0.2, -0.15) is 0 Å². The molecule has 3 unspecified atom stereocenters. The number of likely N-dealkylation sites (N-methyl/N-ethyl adjacent to an activating group) is 1. The monoisotopic (exact) mass is 292 g/mol. The second kappa shape index (κ2) is 9.93. The van der Waals surface area contributed by atoms with Crippen molar-refractivity contribution in [3.8, 4) is 0 Å². The Hall–Kier alpha value is -0.900. The minimum atomic E-state index is 0.362. The van der Waals surface area contributed by atoms with Gasteiger partial charge in [0.05, 0.1) is 6.61 Å². The molecule has 0 radical (unpaired) electrons. The van der Waals surface area contributed by atoms with E-state index in [0.29, 0.717) is 18.1 Å². The van der Waals surface area contributed by atoms with Crippen LogP contribution >= 0.6 is 0 Å². The van der Waals surface area contributed by atoms with E-state index in [1.54, 1.807) is 7.11 Å². The molecule has 1 N–H and O–H groups in total. The first-order valence-electron chi connectivity index (χ1n) is 8.14. The van der Waals surface area contributed by atoms with E-state index >= 15 is 0 Å². The third-order valence-electron chi connectivity index (χ3n) is 4.20. The topological polar surface area (TPSA) is 24.5 Å². The third-order valence-corrected chi connectivity index (χ3v) is 4.20. The molecule has 0 spiro atoms. The van der Waals surface area contributed by atoms with Crippen molar-refractivity contribution in [1.29, 1.82) is 0 Å². The van der Waals surface area contributed by atoms with E-state index in [0.717, 1.165) is 26.0 Å². The van der Waals surface area contributed by atoms with Crippen molar-refractivity contribution in [1.82, 2.24) is 10.2 Å². The fourth-order valence-electron chi connectivity index (χ4n) is 2.88. The number of ether oxygens (including phenoxy) is 1. The van der Waals surface area contributed by atoms with Crippen LogP contribution in [0.5, 0.6) is 0 Å². The third kappa shape index (κ3) is 5.42. The molecule has 3 nitrogen and oxygen atoms in total. The Labute approximate surface area is 130 Å². The Kier molecular flexibility index (Phi) is 8.58. The van der Waals surface area contributed by atoms with Crippen LogP contribution in [0.15, 0.2) is 30.3 Å². The molecular formula is C18H32N2O. The van der Waals surface area contributed by atoms with Crippen LogP contribution in [0.1, 0.15) is 45.2 Å². The standard InChI is InChI=1S/C18H32N2O/c1-6-13-19-18(16-11-9-8-10-12-16)17(7-2)20(4)15(3)14-21-5/h8-12,15,17-19H,6-7,13-14H2,1-5H3. The van der Waals surface area contributed by atoms with E-state index in [2.05, 4.69) is 68.4 Å². The predicted molar refractivity (Wildman–Crippen MR) is 90.7 cm³/mol. The maximum atomic E-state index is 5.32. The van der Waals surface area contributed by atoms with Gasteiger partial charge in [0.2, 0.25) is 0 Å². The van der Waals surface area contributed by atoms with Crippen LogP contribution in [0.3, 0.4) is 0 Å². The van der Waals surface area contributed by atoms with Gasteiger partial charge in [-0.15, -0.1) is 0 Å². The van der Waals surface area contributed by atoms with Crippen LogP contribution in [0.4, 0.5) is 0 Å². The Bertz CT molecular complexity index is 369. The first-order valence-corrected chi connectivity index (χ1v) is 8.14. The maximum absolute atomic E-state index is 5.32. The van der Waals surface area contributed by atoms with Crippen molar-refractivity contribution in [2.45, 2.75) is 51.7 Å². The molecule has 3 atom stereocenters. The Balaban J connectivity index is 2.92. The number of nitrogens with zero attached hydrogens (tertiary/aromatic N) is 1. The van der Waals surface area contributed by atoms with Crippen molar-refractivity contribution in [3.05, 3.63) is 35.9 Å². The summed E-state index contributed by atoms with van der Waals surface area (Å²) in [6.45, 7) is 8.52. The molecule has 0 aliphatic heterocycles. The quantitative estimate of drug-likeness (QED) is 0.714. The molecule has 0 aliphatic carbocycles. The molecule has 1 aromatic carbocycles. The van der Waals surface area contributed by atoms with E-state index < -0.39 is 0 Å². The van der Waals surface area contributed by atoms with E-state index in [-0.39, 0.29) is 0 Å². The maximum Gasteiger partial charge on any atom is 0.0615 e. The molecule has 1 rings (SSSR count). The van der Waals surface area contributed by atoms with E-state index in [9.17, 15) is 0 Å². The number of hydrogen-bond donors (Lipinski definition) is 1. The number of benzene rings is 1. The van der Waals surface area contributed by atoms with Crippen LogP contribution < -0.4 is 5.32 Å². The van der Waals surface area contributed by atoms with Crippen LogP contribution in [0.25, 0.3) is 0 Å². The zero-order valence-corrected chi connectivity index (χ0v) is 14.3. The minimum absolute atomic E-state index is 0.362. The molecular weight excluding hydrogens is 260 g/mol. The molecule has 21 heavy (non-hydrogen) atoms. The molecule has 0 heterocycles. The first-order chi connectivity index (χ1) is 10.2. The fraction of sp³-hybridized carbons (Fsp3) is 0.667. The predicted octanol–water partition coefficient (Wildman–Crippen LogP) is 3.47. The molecule has 0 saturated heterocycles.